The van der Waals surface area contributed by atoms with Crippen LogP contribution in [0.1, 0.15) is 12.8 Å². The van der Waals surface area contributed by atoms with Crippen LogP contribution in [0.3, 0.4) is 0 Å². The Morgan fingerprint density at radius 3 is 2.69 bits per heavy atom. The van der Waals surface area contributed by atoms with Gasteiger partial charge >= 0.3 is 0 Å². The zero-order valence-corrected chi connectivity index (χ0v) is 10.5. The van der Waals surface area contributed by atoms with Crippen molar-refractivity contribution < 1.29 is 9.53 Å². The Hall–Kier alpha value is -0.260. The molecular formula is C11H20N2O2S. The molecule has 1 atom stereocenters. The smallest absolute Gasteiger partial charge is 0.223 e. The number of likely N-dealkylation sites (tertiary alicyclic amines) is 1. The summed E-state index contributed by atoms with van der Waals surface area (Å²) in [6, 6.07) is 0. The summed E-state index contributed by atoms with van der Waals surface area (Å²) in [5.74, 6) is 0.266. The molecule has 0 N–H and O–H groups in total. The molecule has 2 aliphatic heterocycles. The van der Waals surface area contributed by atoms with E-state index in [1.807, 2.05) is 4.90 Å². The van der Waals surface area contributed by atoms with Gasteiger partial charge < -0.3 is 9.64 Å². The highest BCUT2D eigenvalue weighted by Gasteiger charge is 2.26. The number of morpholine rings is 1. The second-order valence-electron chi connectivity index (χ2n) is 4.51. The Morgan fingerprint density at radius 1 is 1.31 bits per heavy atom. The average Bonchev–Trinajstić information content (AvgIpc) is 2.59. The predicted molar refractivity (Wildman–Crippen MR) is 65.8 cm³/mol. The van der Waals surface area contributed by atoms with Gasteiger partial charge in [-0.15, -0.1) is 0 Å². The minimum Gasteiger partial charge on any atom is -0.379 e. The van der Waals surface area contributed by atoms with Crippen molar-refractivity contribution in [2.75, 3.05) is 45.9 Å². The van der Waals surface area contributed by atoms with Crippen molar-refractivity contribution in [3.8, 4) is 0 Å². The van der Waals surface area contributed by atoms with E-state index in [-0.39, 0.29) is 11.2 Å². The lowest BCUT2D eigenvalue weighted by Crippen LogP contribution is -2.38. The quantitative estimate of drug-likeness (QED) is 0.719. The molecule has 0 aromatic heterocycles. The van der Waals surface area contributed by atoms with Gasteiger partial charge in [-0.25, -0.2) is 0 Å². The van der Waals surface area contributed by atoms with Crippen LogP contribution >= 0.6 is 12.6 Å². The molecule has 2 aliphatic rings. The van der Waals surface area contributed by atoms with E-state index in [1.165, 1.54) is 0 Å². The Morgan fingerprint density at radius 2 is 2.06 bits per heavy atom. The van der Waals surface area contributed by atoms with Crippen molar-refractivity contribution in [1.82, 2.24) is 9.80 Å². The van der Waals surface area contributed by atoms with Gasteiger partial charge in [0.15, 0.2) is 0 Å². The van der Waals surface area contributed by atoms with Gasteiger partial charge in [0.25, 0.3) is 0 Å². The highest BCUT2D eigenvalue weighted by Crippen LogP contribution is 2.15. The van der Waals surface area contributed by atoms with Gasteiger partial charge in [0.1, 0.15) is 0 Å². The number of hydrogen-bond acceptors (Lipinski definition) is 4. The summed E-state index contributed by atoms with van der Waals surface area (Å²) in [6.07, 6.45) is 1.67. The summed E-state index contributed by atoms with van der Waals surface area (Å²) >= 11 is 4.35. The van der Waals surface area contributed by atoms with E-state index >= 15 is 0 Å². The van der Waals surface area contributed by atoms with E-state index in [0.717, 1.165) is 52.4 Å². The fourth-order valence-corrected chi connectivity index (χ4v) is 2.63. The Labute approximate surface area is 102 Å². The predicted octanol–water partition coefficient (Wildman–Crippen LogP) is 0.239. The van der Waals surface area contributed by atoms with E-state index in [4.69, 9.17) is 4.74 Å². The zero-order valence-electron chi connectivity index (χ0n) is 9.60. The van der Waals surface area contributed by atoms with Crippen molar-refractivity contribution in [2.45, 2.75) is 18.1 Å². The molecule has 0 bridgehead atoms. The van der Waals surface area contributed by atoms with Crippen molar-refractivity contribution in [3.63, 3.8) is 0 Å². The minimum absolute atomic E-state index is 0.246. The molecule has 2 fully saturated rings. The molecule has 2 rings (SSSR count). The largest absolute Gasteiger partial charge is 0.379 e. The molecule has 2 saturated heterocycles. The zero-order chi connectivity index (χ0) is 11.4. The van der Waals surface area contributed by atoms with Gasteiger partial charge in [-0.05, 0) is 6.42 Å². The molecule has 92 valence electrons. The summed E-state index contributed by atoms with van der Waals surface area (Å²) in [6.45, 7) is 6.54. The second-order valence-corrected chi connectivity index (χ2v) is 5.24. The molecule has 16 heavy (non-hydrogen) atoms. The maximum absolute atomic E-state index is 11.5. The van der Waals surface area contributed by atoms with E-state index in [2.05, 4.69) is 17.5 Å². The number of rotatable bonds is 4. The van der Waals surface area contributed by atoms with E-state index < -0.39 is 0 Å². The highest BCUT2D eigenvalue weighted by molar-refractivity contribution is 7.81. The number of carbonyl (C=O) groups is 1. The van der Waals surface area contributed by atoms with Crippen molar-refractivity contribution in [2.24, 2.45) is 0 Å². The Kier molecular flexibility index (Phi) is 4.49. The third-order valence-corrected chi connectivity index (χ3v) is 3.55. The highest BCUT2D eigenvalue weighted by atomic mass is 32.1. The SMILES string of the molecule is O=C1CC(S)CN1CCCN1CCOCC1. The third-order valence-electron chi connectivity index (χ3n) is 3.20. The fraction of sp³-hybridized carbons (Fsp3) is 0.909. The van der Waals surface area contributed by atoms with Crippen LogP contribution in [0, 0.1) is 0 Å². The van der Waals surface area contributed by atoms with Gasteiger partial charge in [-0.1, -0.05) is 0 Å². The first-order valence-electron chi connectivity index (χ1n) is 6.01. The van der Waals surface area contributed by atoms with Crippen molar-refractivity contribution >= 4 is 18.5 Å². The van der Waals surface area contributed by atoms with Gasteiger partial charge in [0, 0.05) is 44.4 Å². The van der Waals surface area contributed by atoms with Gasteiger partial charge in [-0.3, -0.25) is 9.69 Å². The number of hydrogen-bond donors (Lipinski definition) is 1. The number of amides is 1. The first kappa shape index (κ1) is 12.2. The molecule has 1 unspecified atom stereocenters. The molecule has 1 amide bonds. The number of carbonyl (C=O) groups excluding carboxylic acids is 1. The Balaban J connectivity index is 1.62. The molecular weight excluding hydrogens is 224 g/mol. The molecule has 0 aromatic carbocycles. The van der Waals surface area contributed by atoms with E-state index in [9.17, 15) is 4.79 Å². The first-order valence-corrected chi connectivity index (χ1v) is 6.53. The lowest BCUT2D eigenvalue weighted by atomic mass is 10.3. The van der Waals surface area contributed by atoms with Crippen LogP contribution in [0.25, 0.3) is 0 Å². The molecule has 2 heterocycles. The molecule has 0 spiro atoms. The number of thiol groups is 1. The summed E-state index contributed by atoms with van der Waals surface area (Å²) in [4.78, 5) is 15.9. The summed E-state index contributed by atoms with van der Waals surface area (Å²) in [5.41, 5.74) is 0. The number of ether oxygens (including phenoxy) is 1. The first-order chi connectivity index (χ1) is 7.75. The van der Waals surface area contributed by atoms with Crippen LogP contribution in [-0.4, -0.2) is 66.9 Å². The molecule has 0 aliphatic carbocycles. The second kappa shape index (κ2) is 5.89. The van der Waals surface area contributed by atoms with Gasteiger partial charge in [0.2, 0.25) is 5.91 Å². The lowest BCUT2D eigenvalue weighted by Gasteiger charge is -2.27. The van der Waals surface area contributed by atoms with E-state index in [0.29, 0.717) is 6.42 Å². The van der Waals surface area contributed by atoms with Crippen LogP contribution in [0.4, 0.5) is 0 Å². The average molecular weight is 244 g/mol. The maximum Gasteiger partial charge on any atom is 0.223 e. The molecule has 0 saturated carbocycles. The molecule has 4 nitrogen and oxygen atoms in total. The van der Waals surface area contributed by atoms with Crippen molar-refractivity contribution in [3.05, 3.63) is 0 Å². The van der Waals surface area contributed by atoms with Crippen LogP contribution in [0.15, 0.2) is 0 Å². The molecule has 0 radical (unpaired) electrons. The normalized spacial score (nSPS) is 27.7. The lowest BCUT2D eigenvalue weighted by molar-refractivity contribution is -0.127. The van der Waals surface area contributed by atoms with Crippen LogP contribution in [0.2, 0.25) is 0 Å². The van der Waals surface area contributed by atoms with Crippen molar-refractivity contribution in [1.29, 1.82) is 0 Å². The van der Waals surface area contributed by atoms with Crippen LogP contribution in [0.5, 0.6) is 0 Å². The fourth-order valence-electron chi connectivity index (χ4n) is 2.28. The summed E-state index contributed by atoms with van der Waals surface area (Å²) < 4.78 is 5.29. The van der Waals surface area contributed by atoms with Gasteiger partial charge in [0.05, 0.1) is 13.2 Å². The van der Waals surface area contributed by atoms with Crippen LogP contribution < -0.4 is 0 Å². The maximum atomic E-state index is 11.5. The minimum atomic E-state index is 0.246. The third kappa shape index (κ3) is 3.37. The summed E-state index contributed by atoms with van der Waals surface area (Å²) in [5, 5.41) is 0.246. The molecule has 0 aromatic rings. The monoisotopic (exact) mass is 244 g/mol. The van der Waals surface area contributed by atoms with Crippen LogP contribution in [-0.2, 0) is 9.53 Å². The van der Waals surface area contributed by atoms with E-state index in [1.54, 1.807) is 0 Å². The van der Waals surface area contributed by atoms with Gasteiger partial charge in [-0.2, -0.15) is 12.6 Å². The number of nitrogens with zero attached hydrogens (tertiary/aromatic N) is 2. The topological polar surface area (TPSA) is 32.8 Å². The molecule has 5 heteroatoms. The summed E-state index contributed by atoms with van der Waals surface area (Å²) in [7, 11) is 0. The Bertz CT molecular complexity index is 244. The standard InChI is InChI=1S/C11H20N2O2S/c14-11-8-10(16)9-13(11)3-1-2-12-4-6-15-7-5-12/h10,16H,1-9H2.